The van der Waals surface area contributed by atoms with Gasteiger partial charge < -0.3 is 4.74 Å². The fraction of sp³-hybridized carbons (Fsp3) is 0.0345. The van der Waals surface area contributed by atoms with Gasteiger partial charge in [-0.2, -0.15) is 0 Å². The third-order valence-electron chi connectivity index (χ3n) is 5.97. The Morgan fingerprint density at radius 2 is 1.29 bits per heavy atom. The molecule has 0 aliphatic carbocycles. The molecule has 2 heterocycles. The van der Waals surface area contributed by atoms with Gasteiger partial charge in [-0.15, -0.1) is 11.3 Å². The Labute approximate surface area is 185 Å². The summed E-state index contributed by atoms with van der Waals surface area (Å²) in [6.45, 7) is 0. The van der Waals surface area contributed by atoms with E-state index in [9.17, 15) is 0 Å². The zero-order valence-electron chi connectivity index (χ0n) is 16.9. The minimum absolute atomic E-state index is 0.697. The number of fused-ring (bicyclic) bond motifs is 3. The molecular weight excluding hydrogens is 396 g/mol. The summed E-state index contributed by atoms with van der Waals surface area (Å²) in [6, 6.07) is 38.2. The van der Waals surface area contributed by atoms with Crippen LogP contribution in [0.1, 0.15) is 21.6 Å². The summed E-state index contributed by atoms with van der Waals surface area (Å²) in [6.07, 6.45) is 2.32. The molecule has 6 rings (SSSR count). The number of rotatable bonds is 3. The van der Waals surface area contributed by atoms with E-state index in [4.69, 9.17) is 4.74 Å². The molecule has 31 heavy (non-hydrogen) atoms. The molecule has 0 spiro atoms. The molecular formula is C29H20OS. The van der Waals surface area contributed by atoms with Gasteiger partial charge in [0.1, 0.15) is 5.75 Å². The molecule has 1 aromatic heterocycles. The Morgan fingerprint density at radius 1 is 0.613 bits per heavy atom. The Morgan fingerprint density at radius 3 is 1.97 bits per heavy atom. The van der Waals surface area contributed by atoms with Gasteiger partial charge in [0.15, 0.2) is 5.60 Å². The van der Waals surface area contributed by atoms with Gasteiger partial charge >= 0.3 is 0 Å². The molecule has 0 radical (unpaired) electrons. The van der Waals surface area contributed by atoms with Crippen LogP contribution in [0.3, 0.4) is 0 Å². The molecule has 2 heteroatoms. The van der Waals surface area contributed by atoms with E-state index in [0.29, 0.717) is 0 Å². The minimum atomic E-state index is -0.697. The van der Waals surface area contributed by atoms with Crippen molar-refractivity contribution < 1.29 is 4.74 Å². The fourth-order valence-corrected chi connectivity index (χ4v) is 5.29. The van der Waals surface area contributed by atoms with Crippen LogP contribution in [0.15, 0.2) is 121 Å². The van der Waals surface area contributed by atoms with E-state index in [2.05, 4.69) is 121 Å². The number of benzene rings is 4. The third kappa shape index (κ3) is 2.91. The van der Waals surface area contributed by atoms with Crippen molar-refractivity contribution in [3.63, 3.8) is 0 Å². The first-order valence-electron chi connectivity index (χ1n) is 10.4. The van der Waals surface area contributed by atoms with E-state index in [-0.39, 0.29) is 0 Å². The summed E-state index contributed by atoms with van der Waals surface area (Å²) < 4.78 is 6.96. The summed E-state index contributed by atoms with van der Waals surface area (Å²) >= 11 is 1.77. The lowest BCUT2D eigenvalue weighted by atomic mass is 9.80. The molecule has 0 unspecified atom stereocenters. The second-order valence-corrected chi connectivity index (χ2v) is 8.71. The normalized spacial score (nSPS) is 14.5. The predicted molar refractivity (Wildman–Crippen MR) is 130 cm³/mol. The molecule has 0 fully saturated rings. The number of thiophene rings is 1. The minimum Gasteiger partial charge on any atom is -0.473 e. The molecule has 5 aromatic rings. The van der Waals surface area contributed by atoms with Crippen molar-refractivity contribution in [2.45, 2.75) is 5.60 Å². The number of hydrogen-bond acceptors (Lipinski definition) is 2. The summed E-state index contributed by atoms with van der Waals surface area (Å²) in [4.78, 5) is 1.25. The summed E-state index contributed by atoms with van der Waals surface area (Å²) in [5, 5.41) is 4.58. The van der Waals surface area contributed by atoms with Gasteiger partial charge in [0.2, 0.25) is 0 Å². The van der Waals surface area contributed by atoms with Crippen LogP contribution in [-0.4, -0.2) is 0 Å². The van der Waals surface area contributed by atoms with Crippen molar-refractivity contribution in [1.82, 2.24) is 0 Å². The average molecular weight is 417 g/mol. The fourth-order valence-electron chi connectivity index (χ4n) is 4.54. The maximum absolute atomic E-state index is 6.96. The van der Waals surface area contributed by atoms with Crippen LogP contribution in [0.25, 0.3) is 16.3 Å². The standard InChI is InChI=1S/C29H20OS/c1-3-11-22(12-4-1)29(23-13-5-2-6-14-23)20-25(27-16-9-19-31-27)28-24-15-8-7-10-21(24)17-18-26(28)30-29/h1-20H. The molecule has 1 aliphatic rings. The second kappa shape index (κ2) is 7.26. The van der Waals surface area contributed by atoms with Gasteiger partial charge in [-0.25, -0.2) is 0 Å². The van der Waals surface area contributed by atoms with E-state index in [1.165, 1.54) is 26.8 Å². The predicted octanol–water partition coefficient (Wildman–Crippen LogP) is 7.67. The van der Waals surface area contributed by atoms with Crippen molar-refractivity contribution in [1.29, 1.82) is 0 Å². The summed E-state index contributed by atoms with van der Waals surface area (Å²) in [5.41, 5.74) is 3.93. The topological polar surface area (TPSA) is 9.23 Å². The highest BCUT2D eigenvalue weighted by atomic mass is 32.1. The lowest BCUT2D eigenvalue weighted by Gasteiger charge is -2.38. The molecule has 0 atom stereocenters. The van der Waals surface area contributed by atoms with Gasteiger partial charge in [-0.3, -0.25) is 0 Å². The van der Waals surface area contributed by atoms with Gasteiger partial charge in [0.05, 0.1) is 0 Å². The van der Waals surface area contributed by atoms with E-state index >= 15 is 0 Å². The molecule has 0 saturated heterocycles. The Bertz CT molecular complexity index is 1340. The zero-order chi connectivity index (χ0) is 20.7. The largest absolute Gasteiger partial charge is 0.473 e. The monoisotopic (exact) mass is 416 g/mol. The van der Waals surface area contributed by atoms with Crippen molar-refractivity contribution in [2.24, 2.45) is 0 Å². The first kappa shape index (κ1) is 18.2. The van der Waals surface area contributed by atoms with Crippen LogP contribution < -0.4 is 4.74 Å². The van der Waals surface area contributed by atoms with Gasteiger partial charge in [0, 0.05) is 27.1 Å². The lowest BCUT2D eigenvalue weighted by molar-refractivity contribution is 0.160. The van der Waals surface area contributed by atoms with E-state index in [0.717, 1.165) is 16.9 Å². The maximum Gasteiger partial charge on any atom is 0.178 e. The van der Waals surface area contributed by atoms with Crippen LogP contribution in [0.2, 0.25) is 0 Å². The summed E-state index contributed by atoms with van der Waals surface area (Å²) in [7, 11) is 0. The number of hydrogen-bond donors (Lipinski definition) is 0. The quantitative estimate of drug-likeness (QED) is 0.293. The van der Waals surface area contributed by atoms with Crippen LogP contribution >= 0.6 is 11.3 Å². The van der Waals surface area contributed by atoms with Crippen molar-refractivity contribution in [3.05, 3.63) is 142 Å². The lowest BCUT2D eigenvalue weighted by Crippen LogP contribution is -2.35. The molecule has 1 nitrogen and oxygen atoms in total. The third-order valence-corrected chi connectivity index (χ3v) is 6.87. The zero-order valence-corrected chi connectivity index (χ0v) is 17.7. The molecule has 1 aliphatic heterocycles. The van der Waals surface area contributed by atoms with Crippen LogP contribution in [0, 0.1) is 0 Å². The Balaban J connectivity index is 1.72. The van der Waals surface area contributed by atoms with Crippen molar-refractivity contribution in [2.75, 3.05) is 0 Å². The van der Waals surface area contributed by atoms with Crippen molar-refractivity contribution in [3.8, 4) is 5.75 Å². The Hall–Kier alpha value is -3.62. The average Bonchev–Trinajstić information content (AvgIpc) is 3.39. The summed E-state index contributed by atoms with van der Waals surface area (Å²) in [5.74, 6) is 0.914. The van der Waals surface area contributed by atoms with Crippen molar-refractivity contribution >= 4 is 27.7 Å². The van der Waals surface area contributed by atoms with E-state index in [1.807, 2.05) is 0 Å². The molecule has 4 aromatic carbocycles. The molecule has 0 amide bonds. The molecule has 0 bridgehead atoms. The first-order chi connectivity index (χ1) is 15.4. The SMILES string of the molecule is C1=C(c2cccs2)c2c(ccc3ccccc23)OC1(c1ccccc1)c1ccccc1. The second-order valence-electron chi connectivity index (χ2n) is 7.76. The van der Waals surface area contributed by atoms with Gasteiger partial charge in [-0.05, 0) is 34.4 Å². The highest BCUT2D eigenvalue weighted by Gasteiger charge is 2.40. The smallest absolute Gasteiger partial charge is 0.178 e. The Kier molecular flexibility index (Phi) is 4.26. The van der Waals surface area contributed by atoms with E-state index in [1.54, 1.807) is 11.3 Å². The highest BCUT2D eigenvalue weighted by Crippen LogP contribution is 2.49. The van der Waals surface area contributed by atoms with Crippen LogP contribution in [-0.2, 0) is 5.60 Å². The van der Waals surface area contributed by atoms with Crippen LogP contribution in [0.5, 0.6) is 5.75 Å². The highest BCUT2D eigenvalue weighted by molar-refractivity contribution is 7.11. The molecule has 148 valence electrons. The maximum atomic E-state index is 6.96. The van der Waals surface area contributed by atoms with Gasteiger partial charge in [0.25, 0.3) is 0 Å². The molecule has 0 N–H and O–H groups in total. The van der Waals surface area contributed by atoms with Gasteiger partial charge in [-0.1, -0.05) is 97.1 Å². The van der Waals surface area contributed by atoms with E-state index < -0.39 is 5.60 Å². The number of ether oxygens (including phenoxy) is 1. The molecule has 0 saturated carbocycles. The first-order valence-corrected chi connectivity index (χ1v) is 11.3. The van der Waals surface area contributed by atoms with Crippen LogP contribution in [0.4, 0.5) is 0 Å².